The summed E-state index contributed by atoms with van der Waals surface area (Å²) in [7, 11) is 0. The molecule has 0 aromatic heterocycles. The molecule has 22 heavy (non-hydrogen) atoms. The normalized spacial score (nSPS) is 10.0. The molecule has 0 rings (SSSR count). The van der Waals surface area contributed by atoms with Crippen LogP contribution >= 0.6 is 0 Å². The van der Waals surface area contributed by atoms with Gasteiger partial charge in [-0.05, 0) is 52.9 Å². The van der Waals surface area contributed by atoms with Crippen LogP contribution in [-0.4, -0.2) is 0 Å². The minimum Gasteiger partial charge on any atom is -0.0961 e. The summed E-state index contributed by atoms with van der Waals surface area (Å²) >= 11 is 0. The third-order valence-electron chi connectivity index (χ3n) is 2.57. The van der Waals surface area contributed by atoms with Crippen LogP contribution in [0.1, 0.15) is 88.0 Å². The smallest absolute Gasteiger partial charge is 0.0285 e. The van der Waals surface area contributed by atoms with Crippen molar-refractivity contribution in [1.29, 1.82) is 0 Å². The van der Waals surface area contributed by atoms with Crippen LogP contribution in [0.3, 0.4) is 0 Å². The summed E-state index contributed by atoms with van der Waals surface area (Å²) in [4.78, 5) is 0. The van der Waals surface area contributed by atoms with Gasteiger partial charge in [0.1, 0.15) is 0 Å². The second-order valence-corrected chi connectivity index (χ2v) is 6.42. The Hall–Kier alpha value is -1.04. The SMILES string of the molecule is C=C(C)/C=C(\C)CC(C)C.C=C(C=C(C)C)CCCC.CC. The molecule has 0 atom stereocenters. The zero-order valence-electron chi connectivity index (χ0n) is 17.0. The fourth-order valence-corrected chi connectivity index (χ4v) is 2.01. The second kappa shape index (κ2) is 18.0. The largest absolute Gasteiger partial charge is 0.0961 e. The molecule has 0 amide bonds. The summed E-state index contributed by atoms with van der Waals surface area (Å²) < 4.78 is 0. The van der Waals surface area contributed by atoms with Crippen LogP contribution in [0, 0.1) is 5.92 Å². The number of allylic oxidation sites excluding steroid dienone is 6. The monoisotopic (exact) mass is 306 g/mol. The average molecular weight is 307 g/mol. The summed E-state index contributed by atoms with van der Waals surface area (Å²) in [5, 5.41) is 0. The van der Waals surface area contributed by atoms with Gasteiger partial charge in [-0.3, -0.25) is 0 Å². The molecule has 0 spiro atoms. The van der Waals surface area contributed by atoms with Crippen LogP contribution in [0.15, 0.2) is 47.6 Å². The van der Waals surface area contributed by atoms with Gasteiger partial charge < -0.3 is 0 Å². The number of hydrogen-bond acceptors (Lipinski definition) is 0. The molecule has 0 aliphatic heterocycles. The van der Waals surface area contributed by atoms with Gasteiger partial charge in [-0.2, -0.15) is 0 Å². The number of rotatable bonds is 7. The first-order chi connectivity index (χ1) is 10.2. The van der Waals surface area contributed by atoms with E-state index in [0.717, 1.165) is 17.9 Å². The molecule has 0 heterocycles. The highest BCUT2D eigenvalue weighted by Gasteiger charge is 1.94. The first-order valence-electron chi connectivity index (χ1n) is 8.84. The average Bonchev–Trinajstić information content (AvgIpc) is 2.36. The third-order valence-corrected chi connectivity index (χ3v) is 2.57. The molecule has 0 saturated carbocycles. The Morgan fingerprint density at radius 1 is 0.955 bits per heavy atom. The molecule has 0 heteroatoms. The molecule has 0 saturated heterocycles. The van der Waals surface area contributed by atoms with Gasteiger partial charge in [0.25, 0.3) is 0 Å². The van der Waals surface area contributed by atoms with Crippen molar-refractivity contribution in [3.8, 4) is 0 Å². The summed E-state index contributed by atoms with van der Waals surface area (Å²) in [5.41, 5.74) is 5.20. The van der Waals surface area contributed by atoms with Gasteiger partial charge in [-0.15, -0.1) is 0 Å². The van der Waals surface area contributed by atoms with Crippen molar-refractivity contribution in [1.82, 2.24) is 0 Å². The maximum Gasteiger partial charge on any atom is -0.0285 e. The topological polar surface area (TPSA) is 0 Å². The maximum atomic E-state index is 3.96. The molecule has 0 aromatic carbocycles. The molecule has 0 N–H and O–H groups in total. The van der Waals surface area contributed by atoms with E-state index in [1.165, 1.54) is 36.0 Å². The predicted octanol–water partition coefficient (Wildman–Crippen LogP) is 8.28. The van der Waals surface area contributed by atoms with Crippen LogP contribution in [0.5, 0.6) is 0 Å². The molecule has 0 nitrogen and oxygen atoms in total. The van der Waals surface area contributed by atoms with Gasteiger partial charge in [-0.1, -0.05) is 88.6 Å². The van der Waals surface area contributed by atoms with Crippen LogP contribution in [-0.2, 0) is 0 Å². The lowest BCUT2D eigenvalue weighted by Crippen LogP contribution is -1.87. The Morgan fingerprint density at radius 3 is 1.77 bits per heavy atom. The van der Waals surface area contributed by atoms with E-state index in [-0.39, 0.29) is 0 Å². The molecular formula is C22H42. The zero-order chi connectivity index (χ0) is 18.1. The first-order valence-corrected chi connectivity index (χ1v) is 8.84. The van der Waals surface area contributed by atoms with Crippen molar-refractivity contribution in [2.24, 2.45) is 5.92 Å². The van der Waals surface area contributed by atoms with Gasteiger partial charge in [0.15, 0.2) is 0 Å². The summed E-state index contributed by atoms with van der Waals surface area (Å²) in [6.45, 7) is 26.9. The van der Waals surface area contributed by atoms with Crippen LogP contribution in [0.25, 0.3) is 0 Å². The fourth-order valence-electron chi connectivity index (χ4n) is 2.01. The molecule has 0 radical (unpaired) electrons. The first kappa shape index (κ1) is 25.9. The van der Waals surface area contributed by atoms with Gasteiger partial charge in [0, 0.05) is 0 Å². The molecule has 0 fully saturated rings. The van der Waals surface area contributed by atoms with Crippen molar-refractivity contribution in [3.05, 3.63) is 47.6 Å². The quantitative estimate of drug-likeness (QED) is 0.415. The van der Waals surface area contributed by atoms with Gasteiger partial charge in [-0.25, -0.2) is 0 Å². The molecule has 0 aliphatic carbocycles. The van der Waals surface area contributed by atoms with Gasteiger partial charge in [0.05, 0.1) is 0 Å². The molecule has 0 unspecified atom stereocenters. The van der Waals surface area contributed by atoms with Gasteiger partial charge >= 0.3 is 0 Å². The van der Waals surface area contributed by atoms with Crippen LogP contribution < -0.4 is 0 Å². The van der Waals surface area contributed by atoms with Crippen molar-refractivity contribution >= 4 is 0 Å². The van der Waals surface area contributed by atoms with E-state index >= 15 is 0 Å². The van der Waals surface area contributed by atoms with Crippen LogP contribution in [0.2, 0.25) is 0 Å². The highest BCUT2D eigenvalue weighted by molar-refractivity contribution is 5.18. The number of hydrogen-bond donors (Lipinski definition) is 0. The Labute approximate surface area is 142 Å². The maximum absolute atomic E-state index is 3.96. The zero-order valence-corrected chi connectivity index (χ0v) is 17.0. The Kier molecular flexibility index (Phi) is 21.2. The molecule has 0 aromatic rings. The minimum absolute atomic E-state index is 0.760. The highest BCUT2D eigenvalue weighted by atomic mass is 14.0. The molecule has 0 bridgehead atoms. The van der Waals surface area contributed by atoms with Crippen LogP contribution in [0.4, 0.5) is 0 Å². The highest BCUT2D eigenvalue weighted by Crippen LogP contribution is 2.11. The van der Waals surface area contributed by atoms with E-state index in [1.807, 2.05) is 20.8 Å². The minimum atomic E-state index is 0.760. The van der Waals surface area contributed by atoms with E-state index in [2.05, 4.69) is 66.9 Å². The predicted molar refractivity (Wildman–Crippen MR) is 107 cm³/mol. The van der Waals surface area contributed by atoms with Gasteiger partial charge in [0.2, 0.25) is 0 Å². The summed E-state index contributed by atoms with van der Waals surface area (Å²) in [6.07, 6.45) is 9.18. The lowest BCUT2D eigenvalue weighted by molar-refractivity contribution is 0.642. The Bertz CT molecular complexity index is 333. The summed E-state index contributed by atoms with van der Waals surface area (Å²) in [5.74, 6) is 0.760. The van der Waals surface area contributed by atoms with Crippen molar-refractivity contribution in [2.75, 3.05) is 0 Å². The fraction of sp³-hybridized carbons (Fsp3) is 0.636. The van der Waals surface area contributed by atoms with E-state index in [9.17, 15) is 0 Å². The Morgan fingerprint density at radius 2 is 1.45 bits per heavy atom. The Balaban J connectivity index is -0.000000294. The van der Waals surface area contributed by atoms with E-state index in [0.29, 0.717) is 0 Å². The van der Waals surface area contributed by atoms with Crippen molar-refractivity contribution < 1.29 is 0 Å². The summed E-state index contributed by atoms with van der Waals surface area (Å²) in [6, 6.07) is 0. The lowest BCUT2D eigenvalue weighted by Gasteiger charge is -2.03. The molecule has 0 aliphatic rings. The third kappa shape index (κ3) is 27.3. The second-order valence-electron chi connectivity index (χ2n) is 6.42. The van der Waals surface area contributed by atoms with Crippen molar-refractivity contribution in [3.63, 3.8) is 0 Å². The lowest BCUT2D eigenvalue weighted by atomic mass is 10.0. The molecular weight excluding hydrogens is 264 g/mol. The standard InChI is InChI=1S/2C10H18.C2H6/c1-8(2)6-10(5)7-9(3)4;1-5-6-7-10(4)8-9(2)3;1-2/h6,9H,1,7H2,2-5H3;8H,4-7H2,1-3H3;1-2H3/b10-6+;;. The molecule has 130 valence electrons. The van der Waals surface area contributed by atoms with E-state index in [1.54, 1.807) is 0 Å². The van der Waals surface area contributed by atoms with E-state index < -0.39 is 0 Å². The van der Waals surface area contributed by atoms with Crippen molar-refractivity contribution in [2.45, 2.75) is 88.0 Å². The van der Waals surface area contributed by atoms with E-state index in [4.69, 9.17) is 0 Å². The number of unbranched alkanes of at least 4 members (excludes halogenated alkanes) is 1.